The van der Waals surface area contributed by atoms with Gasteiger partial charge in [-0.05, 0) is 32.6 Å². The molecule has 2 N–H and O–H groups in total. The van der Waals surface area contributed by atoms with E-state index in [1.54, 1.807) is 0 Å². The highest BCUT2D eigenvalue weighted by molar-refractivity contribution is 5.74. The smallest absolute Gasteiger partial charge is 0.314 e. The Kier molecular flexibility index (Phi) is 4.73. The first-order chi connectivity index (χ1) is 6.68. The third kappa shape index (κ3) is 4.46. The molecule has 0 unspecified atom stereocenters. The maximum atomic E-state index is 11.2. The van der Waals surface area contributed by atoms with Crippen molar-refractivity contribution in [2.75, 3.05) is 19.8 Å². The Labute approximate surface area is 85.4 Å². The Morgan fingerprint density at radius 1 is 1.43 bits per heavy atom. The highest BCUT2D eigenvalue weighted by Gasteiger charge is 2.14. The molecule has 0 aromatic rings. The van der Waals surface area contributed by atoms with Crippen LogP contribution in [0, 0.1) is 5.92 Å². The fourth-order valence-electron chi connectivity index (χ4n) is 1.50. The number of carbonyl (C=O) groups is 1. The highest BCUT2D eigenvalue weighted by atomic mass is 16.5. The Bertz CT molecular complexity index is 177. The van der Waals surface area contributed by atoms with Gasteiger partial charge in [-0.3, -0.25) is 0 Å². The van der Waals surface area contributed by atoms with Crippen LogP contribution in [0.15, 0.2) is 0 Å². The van der Waals surface area contributed by atoms with Gasteiger partial charge >= 0.3 is 6.03 Å². The van der Waals surface area contributed by atoms with Gasteiger partial charge in [0.1, 0.15) is 0 Å². The van der Waals surface area contributed by atoms with E-state index in [4.69, 9.17) is 4.74 Å². The van der Waals surface area contributed by atoms with E-state index in [-0.39, 0.29) is 12.1 Å². The summed E-state index contributed by atoms with van der Waals surface area (Å²) in [7, 11) is 0. The number of carbonyl (C=O) groups excluding carboxylic acids is 1. The second kappa shape index (κ2) is 5.86. The summed E-state index contributed by atoms with van der Waals surface area (Å²) in [5.41, 5.74) is 0. The third-order valence-corrected chi connectivity index (χ3v) is 2.31. The second-order valence-electron chi connectivity index (χ2n) is 4.06. The number of urea groups is 1. The molecule has 1 rings (SSSR count). The van der Waals surface area contributed by atoms with Crippen molar-refractivity contribution in [1.82, 2.24) is 10.6 Å². The summed E-state index contributed by atoms with van der Waals surface area (Å²) < 4.78 is 5.24. The van der Waals surface area contributed by atoms with Gasteiger partial charge in [0.15, 0.2) is 0 Å². The molecule has 14 heavy (non-hydrogen) atoms. The molecule has 0 bridgehead atoms. The first-order valence-corrected chi connectivity index (χ1v) is 5.30. The number of hydrogen-bond acceptors (Lipinski definition) is 2. The van der Waals surface area contributed by atoms with Crippen molar-refractivity contribution in [3.05, 3.63) is 0 Å². The van der Waals surface area contributed by atoms with Gasteiger partial charge in [0.05, 0.1) is 0 Å². The van der Waals surface area contributed by atoms with Crippen LogP contribution in [0.5, 0.6) is 0 Å². The molecule has 0 spiro atoms. The Morgan fingerprint density at radius 2 is 2.07 bits per heavy atom. The van der Waals surface area contributed by atoms with Crippen molar-refractivity contribution in [2.24, 2.45) is 5.92 Å². The number of ether oxygens (including phenoxy) is 1. The van der Waals surface area contributed by atoms with E-state index in [2.05, 4.69) is 10.6 Å². The van der Waals surface area contributed by atoms with Crippen molar-refractivity contribution >= 4 is 6.03 Å². The molecule has 0 atom stereocenters. The van der Waals surface area contributed by atoms with Gasteiger partial charge in [0.25, 0.3) is 0 Å². The summed E-state index contributed by atoms with van der Waals surface area (Å²) in [6, 6.07) is 0.135. The molecule has 0 aliphatic carbocycles. The minimum absolute atomic E-state index is 0.0634. The van der Waals surface area contributed by atoms with Crippen LogP contribution in [0.2, 0.25) is 0 Å². The van der Waals surface area contributed by atoms with Crippen LogP contribution in [-0.4, -0.2) is 31.8 Å². The lowest BCUT2D eigenvalue weighted by Gasteiger charge is -2.22. The van der Waals surface area contributed by atoms with E-state index < -0.39 is 0 Å². The van der Waals surface area contributed by atoms with Gasteiger partial charge in [-0.25, -0.2) is 4.79 Å². The zero-order valence-corrected chi connectivity index (χ0v) is 9.01. The predicted molar refractivity (Wildman–Crippen MR) is 55.2 cm³/mol. The predicted octanol–water partition coefficient (Wildman–Crippen LogP) is 1.12. The van der Waals surface area contributed by atoms with E-state index in [0.717, 1.165) is 32.6 Å². The quantitative estimate of drug-likeness (QED) is 0.717. The lowest BCUT2D eigenvalue weighted by atomic mass is 10.0. The fourth-order valence-corrected chi connectivity index (χ4v) is 1.50. The van der Waals surface area contributed by atoms with Crippen LogP contribution >= 0.6 is 0 Å². The first-order valence-electron chi connectivity index (χ1n) is 5.30. The first kappa shape index (κ1) is 11.3. The molecule has 1 aliphatic heterocycles. The average Bonchev–Trinajstić information content (AvgIpc) is 2.15. The second-order valence-corrected chi connectivity index (χ2v) is 4.06. The molecule has 1 heterocycles. The van der Waals surface area contributed by atoms with Crippen molar-refractivity contribution in [2.45, 2.75) is 32.7 Å². The molecule has 2 amide bonds. The maximum absolute atomic E-state index is 11.2. The van der Waals surface area contributed by atoms with Gasteiger partial charge in [-0.1, -0.05) is 0 Å². The molecule has 0 aromatic heterocycles. The molecule has 82 valence electrons. The average molecular weight is 200 g/mol. The summed E-state index contributed by atoms with van der Waals surface area (Å²) in [5.74, 6) is 0.585. The van der Waals surface area contributed by atoms with E-state index in [1.165, 1.54) is 0 Å². The minimum atomic E-state index is -0.0634. The SMILES string of the molecule is CC(C)NC(=O)NCC1CCOCC1. The molecule has 1 aliphatic rings. The van der Waals surface area contributed by atoms with E-state index in [0.29, 0.717) is 5.92 Å². The fraction of sp³-hybridized carbons (Fsp3) is 0.900. The van der Waals surface area contributed by atoms with Crippen LogP contribution in [0.25, 0.3) is 0 Å². The standard InChI is InChI=1S/C10H20N2O2/c1-8(2)12-10(13)11-7-9-3-5-14-6-4-9/h8-9H,3-7H2,1-2H3,(H2,11,12,13). The zero-order chi connectivity index (χ0) is 10.4. The summed E-state index contributed by atoms with van der Waals surface area (Å²) in [5, 5.41) is 5.68. The maximum Gasteiger partial charge on any atom is 0.314 e. The summed E-state index contributed by atoms with van der Waals surface area (Å²) in [4.78, 5) is 11.2. The van der Waals surface area contributed by atoms with Gasteiger partial charge in [-0.15, -0.1) is 0 Å². The molecule has 0 radical (unpaired) electrons. The topological polar surface area (TPSA) is 50.4 Å². The molecule has 0 aromatic carbocycles. The minimum Gasteiger partial charge on any atom is -0.381 e. The number of hydrogen-bond donors (Lipinski definition) is 2. The van der Waals surface area contributed by atoms with Gasteiger partial charge in [0, 0.05) is 25.8 Å². The molecule has 0 saturated carbocycles. The summed E-state index contributed by atoms with van der Waals surface area (Å²) in [6.45, 7) is 6.33. The monoisotopic (exact) mass is 200 g/mol. The van der Waals surface area contributed by atoms with Crippen molar-refractivity contribution in [3.63, 3.8) is 0 Å². The molecule has 1 saturated heterocycles. The normalized spacial score (nSPS) is 18.2. The largest absolute Gasteiger partial charge is 0.381 e. The number of rotatable bonds is 3. The summed E-state index contributed by atoms with van der Waals surface area (Å²) >= 11 is 0. The molecular formula is C10H20N2O2. The van der Waals surface area contributed by atoms with E-state index in [1.807, 2.05) is 13.8 Å². The lowest BCUT2D eigenvalue weighted by Crippen LogP contribution is -2.42. The van der Waals surface area contributed by atoms with Crippen molar-refractivity contribution < 1.29 is 9.53 Å². The zero-order valence-electron chi connectivity index (χ0n) is 9.01. The molecule has 4 heteroatoms. The van der Waals surface area contributed by atoms with E-state index in [9.17, 15) is 4.79 Å². The number of amides is 2. The summed E-state index contributed by atoms with van der Waals surface area (Å²) in [6.07, 6.45) is 2.11. The van der Waals surface area contributed by atoms with Crippen LogP contribution in [-0.2, 0) is 4.74 Å². The highest BCUT2D eigenvalue weighted by Crippen LogP contribution is 2.12. The lowest BCUT2D eigenvalue weighted by molar-refractivity contribution is 0.0669. The van der Waals surface area contributed by atoms with Gasteiger partial charge < -0.3 is 15.4 Å². The number of nitrogens with one attached hydrogen (secondary N) is 2. The van der Waals surface area contributed by atoms with Crippen molar-refractivity contribution in [3.8, 4) is 0 Å². The van der Waals surface area contributed by atoms with Crippen LogP contribution in [0.4, 0.5) is 4.79 Å². The van der Waals surface area contributed by atoms with Gasteiger partial charge in [0.2, 0.25) is 0 Å². The molecule has 1 fully saturated rings. The Balaban J connectivity index is 2.09. The van der Waals surface area contributed by atoms with Crippen LogP contribution in [0.1, 0.15) is 26.7 Å². The van der Waals surface area contributed by atoms with E-state index >= 15 is 0 Å². The third-order valence-electron chi connectivity index (χ3n) is 2.31. The Morgan fingerprint density at radius 3 is 2.64 bits per heavy atom. The molecule has 4 nitrogen and oxygen atoms in total. The van der Waals surface area contributed by atoms with Crippen LogP contribution < -0.4 is 10.6 Å². The van der Waals surface area contributed by atoms with Crippen LogP contribution in [0.3, 0.4) is 0 Å². The Hall–Kier alpha value is -0.770. The van der Waals surface area contributed by atoms with Crippen molar-refractivity contribution in [1.29, 1.82) is 0 Å². The molecular weight excluding hydrogens is 180 g/mol. The van der Waals surface area contributed by atoms with Gasteiger partial charge in [-0.2, -0.15) is 0 Å².